The van der Waals surface area contributed by atoms with Crippen LogP contribution in [0.2, 0.25) is 0 Å². The Hall–Kier alpha value is -4.40. The third-order valence-corrected chi connectivity index (χ3v) is 11.6. The molecule has 0 unspecified atom stereocenters. The first kappa shape index (κ1) is 32.0. The Morgan fingerprint density at radius 3 is 1.22 bits per heavy atom. The van der Waals surface area contributed by atoms with Crippen molar-refractivity contribution in [3.63, 3.8) is 0 Å². The lowest BCUT2D eigenvalue weighted by Crippen LogP contribution is -2.82. The molecule has 4 aromatic rings. The molecule has 0 radical (unpaired) electrons. The molecule has 0 spiro atoms. The molecule has 5 rings (SSSR count). The average molecular weight is 649 g/mol. The predicted octanol–water partition coefficient (Wildman–Crippen LogP) is 1.28. The number of carbonyl (C=O) groups excluding carboxylic acids is 2. The third kappa shape index (κ3) is 6.97. The van der Waals surface area contributed by atoms with E-state index in [1.54, 1.807) is 0 Å². The molecule has 0 bridgehead atoms. The zero-order chi connectivity index (χ0) is 32.2. The number of carbonyl (C=O) groups is 2. The van der Waals surface area contributed by atoms with E-state index in [1.807, 2.05) is 66.0 Å². The quantitative estimate of drug-likeness (QED) is 0.208. The minimum atomic E-state index is -4.20. The van der Waals surface area contributed by atoms with Crippen LogP contribution in [-0.4, -0.2) is 62.4 Å². The van der Waals surface area contributed by atoms with E-state index >= 15 is 0 Å². The molecule has 45 heavy (non-hydrogen) atoms. The molecular weight excluding hydrogens is 615 g/mol. The highest BCUT2D eigenvalue weighted by Gasteiger charge is 2.47. The number of nitrogens with two attached hydrogens (primary N) is 3. The summed E-state index contributed by atoms with van der Waals surface area (Å²) in [6.07, 6.45) is 0. The minimum Gasteiger partial charge on any atom is -0.366 e. The van der Waals surface area contributed by atoms with E-state index in [4.69, 9.17) is 11.5 Å². The summed E-state index contributed by atoms with van der Waals surface area (Å²) in [5.74, 6) is -1.37. The summed E-state index contributed by atoms with van der Waals surface area (Å²) in [6.45, 7) is 0.583. The van der Waals surface area contributed by atoms with Gasteiger partial charge in [-0.15, -0.1) is 0 Å². The van der Waals surface area contributed by atoms with Gasteiger partial charge in [0.05, 0.1) is 35.0 Å². The van der Waals surface area contributed by atoms with Crippen molar-refractivity contribution in [1.82, 2.24) is 8.61 Å². The van der Waals surface area contributed by atoms with E-state index in [9.17, 15) is 26.4 Å². The van der Waals surface area contributed by atoms with Gasteiger partial charge in [-0.3, -0.25) is 9.59 Å². The fourth-order valence-electron chi connectivity index (χ4n) is 5.51. The van der Waals surface area contributed by atoms with Crippen LogP contribution in [0.1, 0.15) is 31.8 Å². The Morgan fingerprint density at radius 2 is 0.911 bits per heavy atom. The van der Waals surface area contributed by atoms with Crippen LogP contribution in [0.3, 0.4) is 0 Å². The zero-order valence-corrected chi connectivity index (χ0v) is 25.9. The Morgan fingerprint density at radius 1 is 0.578 bits per heavy atom. The summed E-state index contributed by atoms with van der Waals surface area (Å²) in [4.78, 5) is 23.2. The van der Waals surface area contributed by atoms with Gasteiger partial charge < -0.3 is 16.8 Å². The lowest BCUT2D eigenvalue weighted by atomic mass is 10.1. The Balaban J connectivity index is 1.60. The molecule has 1 aliphatic heterocycles. The van der Waals surface area contributed by atoms with E-state index in [-0.39, 0.29) is 34.0 Å². The van der Waals surface area contributed by atoms with Crippen LogP contribution < -0.4 is 16.8 Å². The second-order valence-electron chi connectivity index (χ2n) is 10.7. The predicted molar refractivity (Wildman–Crippen MR) is 167 cm³/mol. The summed E-state index contributed by atoms with van der Waals surface area (Å²) in [5, 5.41) is 1.91. The third-order valence-electron chi connectivity index (χ3n) is 7.85. The molecule has 1 aliphatic rings. The average Bonchev–Trinajstić information content (AvgIpc) is 3.52. The van der Waals surface area contributed by atoms with Crippen molar-refractivity contribution in [2.45, 2.75) is 35.0 Å². The number of hydrogen-bond acceptors (Lipinski definition) is 6. The lowest BCUT2D eigenvalue weighted by molar-refractivity contribution is -0.638. The fraction of sp³-hybridized carbons (Fsp3) is 0.188. The Bertz CT molecular complexity index is 1730. The number of benzene rings is 4. The summed E-state index contributed by atoms with van der Waals surface area (Å²) in [7, 11) is -8.40. The zero-order valence-electron chi connectivity index (χ0n) is 24.3. The van der Waals surface area contributed by atoms with E-state index in [0.29, 0.717) is 13.1 Å². The molecule has 0 aromatic heterocycles. The molecule has 0 saturated carbocycles. The largest absolute Gasteiger partial charge is 0.366 e. The Labute approximate surface area is 262 Å². The molecule has 13 heteroatoms. The van der Waals surface area contributed by atoms with Gasteiger partial charge in [0.15, 0.2) is 0 Å². The highest BCUT2D eigenvalue weighted by Crippen LogP contribution is 2.29. The maximum absolute atomic E-state index is 14.3. The number of quaternary nitrogens is 1. The first-order valence-corrected chi connectivity index (χ1v) is 17.1. The molecule has 0 aliphatic carbocycles. The molecule has 2 amide bonds. The summed E-state index contributed by atoms with van der Waals surface area (Å²) in [6, 6.07) is 27.4. The summed E-state index contributed by atoms with van der Waals surface area (Å²) < 4.78 is 60.0. The van der Waals surface area contributed by atoms with Crippen LogP contribution in [0, 0.1) is 0 Å². The molecule has 234 valence electrons. The van der Waals surface area contributed by atoms with Gasteiger partial charge >= 0.3 is 0 Å². The van der Waals surface area contributed by atoms with Crippen LogP contribution >= 0.6 is 0 Å². The Kier molecular flexibility index (Phi) is 9.46. The van der Waals surface area contributed by atoms with Crippen molar-refractivity contribution in [3.8, 4) is 0 Å². The minimum absolute atomic E-state index is 0.0116. The summed E-state index contributed by atoms with van der Waals surface area (Å²) in [5.41, 5.74) is 12.5. The van der Waals surface area contributed by atoms with Crippen LogP contribution in [-0.2, 0) is 33.1 Å². The van der Waals surface area contributed by atoms with Crippen LogP contribution in [0.25, 0.3) is 0 Å². The highest BCUT2D eigenvalue weighted by molar-refractivity contribution is 7.89. The smallest absolute Gasteiger partial charge is 0.248 e. The van der Waals surface area contributed by atoms with Crippen molar-refractivity contribution >= 4 is 31.9 Å². The first-order valence-electron chi connectivity index (χ1n) is 14.2. The van der Waals surface area contributed by atoms with Gasteiger partial charge in [0.2, 0.25) is 31.9 Å². The lowest BCUT2D eigenvalue weighted by Gasteiger charge is -2.35. The van der Waals surface area contributed by atoms with E-state index in [0.717, 1.165) is 11.1 Å². The number of primary amides is 2. The first-order chi connectivity index (χ1) is 21.5. The molecule has 1 heterocycles. The number of amides is 2. The maximum Gasteiger partial charge on any atom is 0.248 e. The van der Waals surface area contributed by atoms with E-state index in [2.05, 4.69) is 0 Å². The van der Waals surface area contributed by atoms with E-state index in [1.165, 1.54) is 57.1 Å². The van der Waals surface area contributed by atoms with Crippen molar-refractivity contribution < 1.29 is 31.7 Å². The molecule has 1 fully saturated rings. The van der Waals surface area contributed by atoms with Crippen LogP contribution in [0.4, 0.5) is 0 Å². The normalized spacial score (nSPS) is 17.0. The van der Waals surface area contributed by atoms with Crippen LogP contribution in [0.15, 0.2) is 119 Å². The SMILES string of the molecule is NC(=O)c1ccc(S(=O)(=O)N(Cc2ccccc2)[C@H]2C[NH2+]C[C@@H]2N(Cc2ccccc2)S(=O)(=O)c2ccc(C(N)=O)cc2)cc1. The van der Waals surface area contributed by atoms with Gasteiger partial charge in [-0.2, -0.15) is 8.61 Å². The van der Waals surface area contributed by atoms with Crippen molar-refractivity contribution in [3.05, 3.63) is 131 Å². The highest BCUT2D eigenvalue weighted by atomic mass is 32.2. The number of hydrogen-bond donors (Lipinski definition) is 3. The fourth-order valence-corrected chi connectivity index (χ4v) is 8.82. The van der Waals surface area contributed by atoms with Gasteiger partial charge in [-0.25, -0.2) is 16.8 Å². The number of rotatable bonds is 12. The standard InChI is InChI=1S/C32H33N5O6S2/c33-31(38)25-11-15-27(16-12-25)44(40,41)36(21-23-7-3-1-4-8-23)29-19-35-20-30(29)37(22-24-9-5-2-6-10-24)45(42,43)28-17-13-26(14-18-28)32(34)39/h1-18,29-30,35H,19-22H2,(H2,33,38)(H2,34,39)/p+1/t29-,30-/m0/s1. The van der Waals surface area contributed by atoms with E-state index < -0.39 is 43.9 Å². The second-order valence-corrected chi connectivity index (χ2v) is 14.5. The molecule has 6 N–H and O–H groups in total. The topological polar surface area (TPSA) is 178 Å². The second kappa shape index (κ2) is 13.3. The van der Waals surface area contributed by atoms with Gasteiger partial charge in [-0.1, -0.05) is 60.7 Å². The molecule has 4 aromatic carbocycles. The molecular formula is C32H34N5O6S2+. The number of nitrogens with zero attached hydrogens (tertiary/aromatic N) is 2. The number of sulfonamides is 2. The van der Waals surface area contributed by atoms with Gasteiger partial charge in [0.25, 0.3) is 0 Å². The maximum atomic E-state index is 14.3. The van der Waals surface area contributed by atoms with Crippen molar-refractivity contribution in [1.29, 1.82) is 0 Å². The van der Waals surface area contributed by atoms with Crippen LogP contribution in [0.5, 0.6) is 0 Å². The van der Waals surface area contributed by atoms with Gasteiger partial charge in [-0.05, 0) is 59.7 Å². The molecule has 2 atom stereocenters. The summed E-state index contributed by atoms with van der Waals surface area (Å²) >= 11 is 0. The van der Waals surface area contributed by atoms with Crippen molar-refractivity contribution in [2.24, 2.45) is 11.5 Å². The monoisotopic (exact) mass is 648 g/mol. The van der Waals surface area contributed by atoms with Gasteiger partial charge in [0, 0.05) is 24.2 Å². The van der Waals surface area contributed by atoms with Crippen molar-refractivity contribution in [2.75, 3.05) is 13.1 Å². The molecule has 1 saturated heterocycles. The molecule has 11 nitrogen and oxygen atoms in total. The van der Waals surface area contributed by atoms with Gasteiger partial charge in [0.1, 0.15) is 0 Å².